The predicted octanol–water partition coefficient (Wildman–Crippen LogP) is 2.81. The number of likely N-dealkylation sites (N-methyl/N-ethyl adjacent to an activating group) is 1. The van der Waals surface area contributed by atoms with Crippen LogP contribution in [0.25, 0.3) is 0 Å². The van der Waals surface area contributed by atoms with E-state index in [0.717, 1.165) is 17.7 Å². The second kappa shape index (κ2) is 3.91. The molecule has 0 bridgehead atoms. The van der Waals surface area contributed by atoms with Gasteiger partial charge in [0.2, 0.25) is 0 Å². The smallest absolute Gasteiger partial charge is 0.311 e. The summed E-state index contributed by atoms with van der Waals surface area (Å²) in [5, 5.41) is 10.0. The molecule has 1 aromatic rings. The van der Waals surface area contributed by atoms with Gasteiger partial charge in [0.15, 0.2) is 0 Å². The Morgan fingerprint density at radius 2 is 2.18 bits per heavy atom. The molecule has 1 unspecified atom stereocenters. The van der Waals surface area contributed by atoms with Crippen molar-refractivity contribution in [1.29, 1.82) is 0 Å². The SMILES string of the molecule is CN1c2ccc(Cl)cc2CC1C(C)(C)C(=O)O. The van der Waals surface area contributed by atoms with E-state index in [2.05, 4.69) is 0 Å². The van der Waals surface area contributed by atoms with Crippen LogP contribution < -0.4 is 4.90 Å². The van der Waals surface area contributed by atoms with Gasteiger partial charge in [-0.05, 0) is 44.0 Å². The Morgan fingerprint density at radius 3 is 2.76 bits per heavy atom. The highest BCUT2D eigenvalue weighted by Gasteiger charge is 2.43. The molecule has 1 N–H and O–H groups in total. The fourth-order valence-electron chi connectivity index (χ4n) is 2.46. The molecule has 0 radical (unpaired) electrons. The average Bonchev–Trinajstić information content (AvgIpc) is 2.55. The molecule has 92 valence electrons. The summed E-state index contributed by atoms with van der Waals surface area (Å²) in [6.07, 6.45) is 0.728. The van der Waals surface area contributed by atoms with Crippen LogP contribution in [-0.2, 0) is 11.2 Å². The van der Waals surface area contributed by atoms with Crippen LogP contribution in [0.4, 0.5) is 5.69 Å². The van der Waals surface area contributed by atoms with E-state index in [-0.39, 0.29) is 6.04 Å². The second-order valence-electron chi connectivity index (χ2n) is 5.13. The maximum absolute atomic E-state index is 11.3. The molecule has 0 aromatic heterocycles. The van der Waals surface area contributed by atoms with E-state index in [9.17, 15) is 9.90 Å². The molecular weight excluding hydrogens is 238 g/mol. The highest BCUT2D eigenvalue weighted by Crippen LogP contribution is 2.40. The van der Waals surface area contributed by atoms with Gasteiger partial charge < -0.3 is 10.0 Å². The van der Waals surface area contributed by atoms with Gasteiger partial charge in [-0.2, -0.15) is 0 Å². The van der Waals surface area contributed by atoms with Gasteiger partial charge in [0.1, 0.15) is 0 Å². The fourth-order valence-corrected chi connectivity index (χ4v) is 2.65. The number of fused-ring (bicyclic) bond motifs is 1. The molecule has 1 aliphatic heterocycles. The molecule has 17 heavy (non-hydrogen) atoms. The molecule has 4 heteroatoms. The number of carboxylic acids is 1. The first-order valence-corrected chi connectivity index (χ1v) is 5.96. The summed E-state index contributed by atoms with van der Waals surface area (Å²) in [7, 11) is 1.94. The number of carboxylic acid groups (broad SMARTS) is 1. The van der Waals surface area contributed by atoms with Crippen LogP contribution >= 0.6 is 11.6 Å². The normalized spacial score (nSPS) is 19.3. The van der Waals surface area contributed by atoms with Crippen molar-refractivity contribution in [2.24, 2.45) is 5.41 Å². The minimum Gasteiger partial charge on any atom is -0.481 e. The van der Waals surface area contributed by atoms with E-state index >= 15 is 0 Å². The Kier molecular flexibility index (Phi) is 2.82. The zero-order valence-corrected chi connectivity index (χ0v) is 11.0. The number of carbonyl (C=O) groups is 1. The molecule has 3 nitrogen and oxygen atoms in total. The van der Waals surface area contributed by atoms with Gasteiger partial charge in [-0.15, -0.1) is 0 Å². The van der Waals surface area contributed by atoms with Crippen molar-refractivity contribution in [3.05, 3.63) is 28.8 Å². The maximum atomic E-state index is 11.3. The average molecular weight is 254 g/mol. The number of hydrogen-bond acceptors (Lipinski definition) is 2. The van der Waals surface area contributed by atoms with Gasteiger partial charge >= 0.3 is 5.97 Å². The first kappa shape index (κ1) is 12.2. The Hall–Kier alpha value is -1.22. The van der Waals surface area contributed by atoms with Crippen LogP contribution in [0, 0.1) is 5.41 Å². The Balaban J connectivity index is 2.37. The molecule has 0 spiro atoms. The first-order valence-electron chi connectivity index (χ1n) is 5.58. The summed E-state index contributed by atoms with van der Waals surface area (Å²) in [5.74, 6) is -0.770. The third kappa shape index (κ3) is 1.89. The molecule has 0 saturated carbocycles. The molecule has 1 heterocycles. The summed E-state index contributed by atoms with van der Waals surface area (Å²) in [5.41, 5.74) is 1.42. The summed E-state index contributed by atoms with van der Waals surface area (Å²) >= 11 is 5.96. The monoisotopic (exact) mass is 253 g/mol. The topological polar surface area (TPSA) is 40.5 Å². The van der Waals surface area contributed by atoms with Crippen LogP contribution in [0.3, 0.4) is 0 Å². The van der Waals surface area contributed by atoms with Gasteiger partial charge in [0.25, 0.3) is 0 Å². The lowest BCUT2D eigenvalue weighted by Gasteiger charge is -2.33. The van der Waals surface area contributed by atoms with Crippen LogP contribution in [0.1, 0.15) is 19.4 Å². The number of aliphatic carboxylic acids is 1. The number of hydrogen-bond donors (Lipinski definition) is 1. The van der Waals surface area contributed by atoms with Crippen LogP contribution in [-0.4, -0.2) is 24.2 Å². The largest absolute Gasteiger partial charge is 0.481 e. The van der Waals surface area contributed by atoms with E-state index in [1.165, 1.54) is 0 Å². The third-order valence-corrected chi connectivity index (χ3v) is 3.92. The van der Waals surface area contributed by atoms with Gasteiger partial charge in [0, 0.05) is 23.8 Å². The van der Waals surface area contributed by atoms with E-state index in [0.29, 0.717) is 5.02 Å². The highest BCUT2D eigenvalue weighted by atomic mass is 35.5. The van der Waals surface area contributed by atoms with Gasteiger partial charge in [0.05, 0.1) is 5.41 Å². The molecular formula is C13H16ClNO2. The number of anilines is 1. The van der Waals surface area contributed by atoms with Crippen LogP contribution in [0.15, 0.2) is 18.2 Å². The second-order valence-corrected chi connectivity index (χ2v) is 5.57. The molecule has 1 atom stereocenters. The zero-order valence-electron chi connectivity index (χ0n) is 10.2. The number of nitrogens with zero attached hydrogens (tertiary/aromatic N) is 1. The van der Waals surface area contributed by atoms with Crippen molar-refractivity contribution in [3.63, 3.8) is 0 Å². The Bertz CT molecular complexity index is 470. The Labute approximate surface area is 106 Å². The van der Waals surface area contributed by atoms with Crippen molar-refractivity contribution in [3.8, 4) is 0 Å². The highest BCUT2D eigenvalue weighted by molar-refractivity contribution is 6.30. The molecule has 2 rings (SSSR count). The number of benzene rings is 1. The molecule has 0 aliphatic carbocycles. The van der Waals surface area contributed by atoms with Crippen molar-refractivity contribution in [2.75, 3.05) is 11.9 Å². The molecule has 0 fully saturated rings. The van der Waals surface area contributed by atoms with E-state index in [1.807, 2.05) is 30.1 Å². The lowest BCUT2D eigenvalue weighted by atomic mass is 9.82. The van der Waals surface area contributed by atoms with Crippen LogP contribution in [0.2, 0.25) is 5.02 Å². The number of rotatable bonds is 2. The van der Waals surface area contributed by atoms with Gasteiger partial charge in [-0.1, -0.05) is 11.6 Å². The van der Waals surface area contributed by atoms with E-state index in [4.69, 9.17) is 11.6 Å². The van der Waals surface area contributed by atoms with Crippen molar-refractivity contribution in [2.45, 2.75) is 26.3 Å². The van der Waals surface area contributed by atoms with Crippen LogP contribution in [0.5, 0.6) is 0 Å². The minimum absolute atomic E-state index is 0.0338. The molecule has 0 saturated heterocycles. The third-order valence-electron chi connectivity index (χ3n) is 3.69. The minimum atomic E-state index is -0.778. The summed E-state index contributed by atoms with van der Waals surface area (Å²) in [4.78, 5) is 13.4. The fraction of sp³-hybridized carbons (Fsp3) is 0.462. The Morgan fingerprint density at radius 1 is 1.53 bits per heavy atom. The number of halogens is 1. The summed E-state index contributed by atoms with van der Waals surface area (Å²) in [6.45, 7) is 3.54. The van der Waals surface area contributed by atoms with Gasteiger partial charge in [-0.25, -0.2) is 0 Å². The van der Waals surface area contributed by atoms with E-state index in [1.54, 1.807) is 13.8 Å². The lowest BCUT2D eigenvalue weighted by Crippen LogP contribution is -2.46. The summed E-state index contributed by atoms with van der Waals surface area (Å²) < 4.78 is 0. The van der Waals surface area contributed by atoms with Crippen molar-refractivity contribution in [1.82, 2.24) is 0 Å². The predicted molar refractivity (Wildman–Crippen MR) is 68.8 cm³/mol. The summed E-state index contributed by atoms with van der Waals surface area (Å²) in [6, 6.07) is 5.68. The lowest BCUT2D eigenvalue weighted by molar-refractivity contribution is -0.148. The molecule has 1 aromatic carbocycles. The standard InChI is InChI=1S/C13H16ClNO2/c1-13(2,12(16)17)11-7-8-6-9(14)4-5-10(8)15(11)3/h4-6,11H,7H2,1-3H3,(H,16,17). The van der Waals surface area contributed by atoms with Gasteiger partial charge in [-0.3, -0.25) is 4.79 Å². The van der Waals surface area contributed by atoms with E-state index < -0.39 is 11.4 Å². The molecule has 0 amide bonds. The first-order chi connectivity index (χ1) is 7.84. The van der Waals surface area contributed by atoms with Crippen molar-refractivity contribution < 1.29 is 9.90 Å². The maximum Gasteiger partial charge on any atom is 0.311 e. The zero-order chi connectivity index (χ0) is 12.8. The molecule has 1 aliphatic rings. The quantitative estimate of drug-likeness (QED) is 0.881. The van der Waals surface area contributed by atoms with Crippen molar-refractivity contribution >= 4 is 23.3 Å².